The summed E-state index contributed by atoms with van der Waals surface area (Å²) >= 11 is 3.51. The maximum atomic E-state index is 4.75. The van der Waals surface area contributed by atoms with Gasteiger partial charge in [-0.15, -0.1) is 0 Å². The number of likely N-dealkylation sites (N-methyl/N-ethyl adjacent to an activating group) is 1. The Morgan fingerprint density at radius 3 is 2.52 bits per heavy atom. The molecule has 2 aromatic rings. The van der Waals surface area contributed by atoms with Crippen molar-refractivity contribution in [3.05, 3.63) is 40.8 Å². The molecule has 21 heavy (non-hydrogen) atoms. The molecular formula is C16H19BrN4. The molecule has 0 atom stereocenters. The first kappa shape index (κ1) is 14.3. The number of aromatic nitrogens is 2. The molecule has 0 spiro atoms. The van der Waals surface area contributed by atoms with Crippen molar-refractivity contribution in [2.45, 2.75) is 19.8 Å². The van der Waals surface area contributed by atoms with Crippen molar-refractivity contribution >= 4 is 33.1 Å². The van der Waals surface area contributed by atoms with E-state index in [2.05, 4.69) is 75.9 Å². The van der Waals surface area contributed by atoms with Crippen molar-refractivity contribution in [2.75, 3.05) is 29.9 Å². The van der Waals surface area contributed by atoms with E-state index in [4.69, 9.17) is 4.98 Å². The number of nitrogens with zero attached hydrogens (tertiary/aromatic N) is 4. The number of fused-ring (bicyclic) bond motifs is 1. The number of halogens is 1. The average molecular weight is 347 g/mol. The summed E-state index contributed by atoms with van der Waals surface area (Å²) in [5.41, 5.74) is 2.44. The Morgan fingerprint density at radius 1 is 1.10 bits per heavy atom. The zero-order valence-corrected chi connectivity index (χ0v) is 14.1. The average Bonchev–Trinajstić information content (AvgIpc) is 2.47. The van der Waals surface area contributed by atoms with E-state index in [0.717, 1.165) is 29.3 Å². The zero-order valence-electron chi connectivity index (χ0n) is 12.5. The second-order valence-electron chi connectivity index (χ2n) is 5.62. The van der Waals surface area contributed by atoms with Crippen LogP contribution in [-0.2, 0) is 0 Å². The SMILES string of the molecule is CC(C)c1nc(Br)cc(N2CCN(C)c3ccccc32)n1. The van der Waals surface area contributed by atoms with Gasteiger partial charge in [-0.1, -0.05) is 26.0 Å². The van der Waals surface area contributed by atoms with Gasteiger partial charge in [0.25, 0.3) is 0 Å². The summed E-state index contributed by atoms with van der Waals surface area (Å²) in [5, 5.41) is 0. The van der Waals surface area contributed by atoms with Crippen LogP contribution in [0.3, 0.4) is 0 Å². The Labute approximate surface area is 133 Å². The van der Waals surface area contributed by atoms with Crippen molar-refractivity contribution in [3.8, 4) is 0 Å². The van der Waals surface area contributed by atoms with Crippen LogP contribution in [0.5, 0.6) is 0 Å². The monoisotopic (exact) mass is 346 g/mol. The highest BCUT2D eigenvalue weighted by molar-refractivity contribution is 9.10. The fraction of sp³-hybridized carbons (Fsp3) is 0.375. The van der Waals surface area contributed by atoms with Gasteiger partial charge in [-0.3, -0.25) is 0 Å². The summed E-state index contributed by atoms with van der Waals surface area (Å²) in [5.74, 6) is 2.14. The Balaban J connectivity index is 2.07. The molecule has 0 N–H and O–H groups in total. The number of benzene rings is 1. The smallest absolute Gasteiger partial charge is 0.137 e. The predicted octanol–water partition coefficient (Wildman–Crippen LogP) is 3.95. The summed E-state index contributed by atoms with van der Waals surface area (Å²) in [6.07, 6.45) is 0. The van der Waals surface area contributed by atoms with E-state index in [9.17, 15) is 0 Å². The van der Waals surface area contributed by atoms with Crippen molar-refractivity contribution in [2.24, 2.45) is 0 Å². The molecule has 0 amide bonds. The lowest BCUT2D eigenvalue weighted by Gasteiger charge is -2.36. The van der Waals surface area contributed by atoms with Crippen molar-refractivity contribution in [1.29, 1.82) is 0 Å². The van der Waals surface area contributed by atoms with E-state index in [0.29, 0.717) is 5.92 Å². The van der Waals surface area contributed by atoms with Crippen LogP contribution in [0.25, 0.3) is 0 Å². The zero-order chi connectivity index (χ0) is 15.0. The van der Waals surface area contributed by atoms with Gasteiger partial charge in [-0.2, -0.15) is 0 Å². The van der Waals surface area contributed by atoms with E-state index in [-0.39, 0.29) is 0 Å². The Kier molecular flexibility index (Phi) is 3.85. The number of hydrogen-bond donors (Lipinski definition) is 0. The number of anilines is 3. The quantitative estimate of drug-likeness (QED) is 0.770. The third kappa shape index (κ3) is 2.75. The highest BCUT2D eigenvalue weighted by Gasteiger charge is 2.22. The molecule has 5 heteroatoms. The van der Waals surface area contributed by atoms with Gasteiger partial charge in [0.05, 0.1) is 11.4 Å². The largest absolute Gasteiger partial charge is 0.371 e. The Morgan fingerprint density at radius 2 is 1.81 bits per heavy atom. The summed E-state index contributed by atoms with van der Waals surface area (Å²) in [7, 11) is 2.13. The molecule has 1 aliphatic heterocycles. The third-order valence-electron chi connectivity index (χ3n) is 3.73. The summed E-state index contributed by atoms with van der Waals surface area (Å²) in [6, 6.07) is 10.4. The second-order valence-corrected chi connectivity index (χ2v) is 6.44. The van der Waals surface area contributed by atoms with Gasteiger partial charge in [0.1, 0.15) is 16.2 Å². The number of para-hydroxylation sites is 2. The van der Waals surface area contributed by atoms with E-state index in [1.54, 1.807) is 0 Å². The van der Waals surface area contributed by atoms with Crippen molar-refractivity contribution in [3.63, 3.8) is 0 Å². The first-order valence-corrected chi connectivity index (χ1v) is 7.97. The number of hydrogen-bond acceptors (Lipinski definition) is 4. The molecule has 0 fully saturated rings. The van der Waals surface area contributed by atoms with E-state index in [1.807, 2.05) is 6.07 Å². The molecule has 1 aliphatic rings. The van der Waals surface area contributed by atoms with Gasteiger partial charge in [-0.25, -0.2) is 9.97 Å². The normalized spacial score (nSPS) is 14.5. The second kappa shape index (κ2) is 5.64. The van der Waals surface area contributed by atoms with Gasteiger partial charge >= 0.3 is 0 Å². The van der Waals surface area contributed by atoms with Crippen LogP contribution in [0.2, 0.25) is 0 Å². The fourth-order valence-corrected chi connectivity index (χ4v) is 2.95. The van der Waals surface area contributed by atoms with Gasteiger partial charge in [0, 0.05) is 32.1 Å². The molecule has 3 rings (SSSR count). The molecule has 0 unspecified atom stereocenters. The molecular weight excluding hydrogens is 328 g/mol. The summed E-state index contributed by atoms with van der Waals surface area (Å²) < 4.78 is 0.840. The van der Waals surface area contributed by atoms with Crippen LogP contribution in [-0.4, -0.2) is 30.1 Å². The molecule has 2 heterocycles. The lowest BCUT2D eigenvalue weighted by molar-refractivity contribution is 0.753. The van der Waals surface area contributed by atoms with Crippen LogP contribution in [0.15, 0.2) is 34.9 Å². The lowest BCUT2D eigenvalue weighted by atomic mass is 10.1. The van der Waals surface area contributed by atoms with Crippen LogP contribution in [0, 0.1) is 0 Å². The third-order valence-corrected chi connectivity index (χ3v) is 4.14. The molecule has 110 valence electrons. The van der Waals surface area contributed by atoms with Crippen molar-refractivity contribution in [1.82, 2.24) is 9.97 Å². The Hall–Kier alpha value is -1.62. The van der Waals surface area contributed by atoms with Crippen molar-refractivity contribution < 1.29 is 0 Å². The molecule has 0 bridgehead atoms. The highest BCUT2D eigenvalue weighted by Crippen LogP contribution is 2.36. The van der Waals surface area contributed by atoms with Gasteiger partial charge < -0.3 is 9.80 Å². The summed E-state index contributed by atoms with van der Waals surface area (Å²) in [4.78, 5) is 13.8. The van der Waals surface area contributed by atoms with Crippen LogP contribution in [0.1, 0.15) is 25.6 Å². The molecule has 4 nitrogen and oxygen atoms in total. The molecule has 0 saturated heterocycles. The topological polar surface area (TPSA) is 32.3 Å². The highest BCUT2D eigenvalue weighted by atomic mass is 79.9. The van der Waals surface area contributed by atoms with E-state index >= 15 is 0 Å². The Bertz CT molecular complexity index is 656. The minimum absolute atomic E-state index is 0.309. The summed E-state index contributed by atoms with van der Waals surface area (Å²) in [6.45, 7) is 6.14. The first-order valence-electron chi connectivity index (χ1n) is 7.18. The standard InChI is InChI=1S/C16H19BrN4/c1-11(2)16-18-14(17)10-15(19-16)21-9-8-20(3)12-6-4-5-7-13(12)21/h4-7,10-11H,8-9H2,1-3H3. The maximum Gasteiger partial charge on any atom is 0.137 e. The minimum Gasteiger partial charge on any atom is -0.371 e. The van der Waals surface area contributed by atoms with Crippen LogP contribution in [0.4, 0.5) is 17.2 Å². The maximum absolute atomic E-state index is 4.75. The van der Waals surface area contributed by atoms with Gasteiger partial charge in [-0.05, 0) is 28.1 Å². The fourth-order valence-electron chi connectivity index (χ4n) is 2.56. The molecule has 0 aliphatic carbocycles. The number of rotatable bonds is 2. The first-order chi connectivity index (χ1) is 10.1. The van der Waals surface area contributed by atoms with E-state index in [1.165, 1.54) is 11.4 Å². The predicted molar refractivity (Wildman–Crippen MR) is 90.5 cm³/mol. The van der Waals surface area contributed by atoms with Gasteiger partial charge in [0.2, 0.25) is 0 Å². The molecule has 0 saturated carbocycles. The van der Waals surface area contributed by atoms with Gasteiger partial charge in [0.15, 0.2) is 0 Å². The van der Waals surface area contributed by atoms with E-state index < -0.39 is 0 Å². The van der Waals surface area contributed by atoms with Crippen LogP contribution < -0.4 is 9.80 Å². The van der Waals surface area contributed by atoms with Crippen LogP contribution >= 0.6 is 15.9 Å². The molecule has 1 aromatic carbocycles. The minimum atomic E-state index is 0.309. The molecule has 1 aromatic heterocycles. The lowest BCUT2D eigenvalue weighted by Crippen LogP contribution is -2.37. The molecule has 0 radical (unpaired) electrons.